The summed E-state index contributed by atoms with van der Waals surface area (Å²) < 4.78 is 2.18. The first-order valence-corrected chi connectivity index (χ1v) is 4.89. The van der Waals surface area contributed by atoms with E-state index in [9.17, 15) is 4.79 Å². The molecular formula is C10H14N2O2. The summed E-state index contributed by atoms with van der Waals surface area (Å²) in [7, 11) is 0. The predicted octanol–water partition coefficient (Wildman–Crippen LogP) is 1.23. The van der Waals surface area contributed by atoms with Crippen LogP contribution in [0.2, 0.25) is 0 Å². The molecule has 14 heavy (non-hydrogen) atoms. The maximum absolute atomic E-state index is 10.6. The molecule has 1 aliphatic rings. The molecule has 0 saturated heterocycles. The molecule has 1 unspecified atom stereocenters. The van der Waals surface area contributed by atoms with Crippen molar-refractivity contribution in [3.05, 3.63) is 17.7 Å². The summed E-state index contributed by atoms with van der Waals surface area (Å²) >= 11 is 0. The van der Waals surface area contributed by atoms with Crippen LogP contribution in [0.25, 0.3) is 0 Å². The molecule has 0 aliphatic carbocycles. The topological polar surface area (TPSA) is 55.1 Å². The van der Waals surface area contributed by atoms with Gasteiger partial charge in [-0.05, 0) is 25.7 Å². The van der Waals surface area contributed by atoms with Crippen molar-refractivity contribution in [3.8, 4) is 0 Å². The number of carbonyl (C=O) groups is 1. The van der Waals surface area contributed by atoms with E-state index in [1.54, 1.807) is 0 Å². The van der Waals surface area contributed by atoms with Crippen LogP contribution in [0.3, 0.4) is 0 Å². The second-order valence-corrected chi connectivity index (χ2v) is 3.91. The minimum absolute atomic E-state index is 0.282. The highest BCUT2D eigenvalue weighted by Gasteiger charge is 2.21. The highest BCUT2D eigenvalue weighted by molar-refractivity contribution is 5.67. The number of imidazole rings is 1. The van der Waals surface area contributed by atoms with Crippen LogP contribution in [0.5, 0.6) is 0 Å². The Balaban J connectivity index is 2.10. The second-order valence-electron chi connectivity index (χ2n) is 3.91. The molecule has 0 aromatic carbocycles. The number of hydrogen-bond donors (Lipinski definition) is 1. The molecule has 0 fully saturated rings. The average Bonchev–Trinajstić information content (AvgIpc) is 2.46. The van der Waals surface area contributed by atoms with Crippen molar-refractivity contribution in [2.45, 2.75) is 32.7 Å². The van der Waals surface area contributed by atoms with Gasteiger partial charge in [-0.2, -0.15) is 0 Å². The third kappa shape index (κ3) is 1.64. The Morgan fingerprint density at radius 1 is 1.79 bits per heavy atom. The zero-order valence-corrected chi connectivity index (χ0v) is 8.23. The smallest absolute Gasteiger partial charge is 0.303 e. The number of nitrogens with zero attached hydrogens (tertiary/aromatic N) is 2. The first kappa shape index (κ1) is 9.24. The highest BCUT2D eigenvalue weighted by Crippen LogP contribution is 2.23. The van der Waals surface area contributed by atoms with Gasteiger partial charge in [0.05, 0.1) is 0 Å². The Morgan fingerprint density at radius 2 is 2.57 bits per heavy atom. The second kappa shape index (κ2) is 3.44. The summed E-state index contributed by atoms with van der Waals surface area (Å²) in [6, 6.07) is 0. The van der Waals surface area contributed by atoms with Crippen LogP contribution in [0.1, 0.15) is 24.4 Å². The van der Waals surface area contributed by atoms with Gasteiger partial charge in [0.2, 0.25) is 0 Å². The van der Waals surface area contributed by atoms with Gasteiger partial charge in [0.1, 0.15) is 5.82 Å². The fraction of sp³-hybridized carbons (Fsp3) is 0.600. The predicted molar refractivity (Wildman–Crippen MR) is 51.0 cm³/mol. The van der Waals surface area contributed by atoms with Crippen LogP contribution in [0, 0.1) is 12.8 Å². The van der Waals surface area contributed by atoms with Gasteiger partial charge in [0.25, 0.3) is 0 Å². The van der Waals surface area contributed by atoms with E-state index in [0.717, 1.165) is 25.2 Å². The largest absolute Gasteiger partial charge is 0.481 e. The van der Waals surface area contributed by atoms with E-state index in [-0.39, 0.29) is 12.3 Å². The lowest BCUT2D eigenvalue weighted by molar-refractivity contribution is -0.138. The summed E-state index contributed by atoms with van der Waals surface area (Å²) in [6.07, 6.45) is 3.96. The van der Waals surface area contributed by atoms with Crippen molar-refractivity contribution in [1.29, 1.82) is 0 Å². The molecule has 4 heteroatoms. The number of rotatable bonds is 2. The number of aromatic nitrogens is 2. The molecule has 0 bridgehead atoms. The van der Waals surface area contributed by atoms with Crippen LogP contribution < -0.4 is 0 Å². The summed E-state index contributed by atoms with van der Waals surface area (Å²) in [5, 5.41) is 8.70. The van der Waals surface area contributed by atoms with Crippen molar-refractivity contribution in [3.63, 3.8) is 0 Å². The maximum atomic E-state index is 10.6. The van der Waals surface area contributed by atoms with Crippen LogP contribution in [-0.2, 0) is 17.8 Å². The lowest BCUT2D eigenvalue weighted by atomic mass is 9.93. The molecule has 0 spiro atoms. The molecule has 0 amide bonds. The number of carboxylic acid groups (broad SMARTS) is 1. The van der Waals surface area contributed by atoms with E-state index in [1.807, 2.05) is 13.1 Å². The van der Waals surface area contributed by atoms with Gasteiger partial charge in [-0.1, -0.05) is 0 Å². The SMILES string of the molecule is Cc1ncc2n1CCC(CC(=O)O)C2. The zero-order chi connectivity index (χ0) is 10.1. The van der Waals surface area contributed by atoms with Gasteiger partial charge in [-0.25, -0.2) is 4.98 Å². The molecular weight excluding hydrogens is 180 g/mol. The van der Waals surface area contributed by atoms with Gasteiger partial charge < -0.3 is 9.67 Å². The first-order valence-electron chi connectivity index (χ1n) is 4.89. The number of fused-ring (bicyclic) bond motifs is 1. The van der Waals surface area contributed by atoms with Gasteiger partial charge in [-0.3, -0.25) is 4.79 Å². The van der Waals surface area contributed by atoms with Crippen LogP contribution in [-0.4, -0.2) is 20.6 Å². The monoisotopic (exact) mass is 194 g/mol. The quantitative estimate of drug-likeness (QED) is 0.770. The summed E-state index contributed by atoms with van der Waals surface area (Å²) in [5.41, 5.74) is 1.18. The Bertz CT molecular complexity index is 357. The lowest BCUT2D eigenvalue weighted by Crippen LogP contribution is -2.21. The molecule has 2 rings (SSSR count). The third-order valence-electron chi connectivity index (χ3n) is 2.86. The molecule has 1 N–H and O–H groups in total. The standard InChI is InChI=1S/C10H14N2O2/c1-7-11-6-9-4-8(5-10(13)14)2-3-12(7)9/h6,8H,2-5H2,1H3,(H,13,14). The van der Waals surface area contributed by atoms with Crippen LogP contribution in [0.15, 0.2) is 6.20 Å². The summed E-state index contributed by atoms with van der Waals surface area (Å²) in [6.45, 7) is 2.90. The molecule has 1 atom stereocenters. The van der Waals surface area contributed by atoms with E-state index in [4.69, 9.17) is 5.11 Å². The van der Waals surface area contributed by atoms with Crippen molar-refractivity contribution in [2.75, 3.05) is 0 Å². The van der Waals surface area contributed by atoms with Gasteiger partial charge in [0, 0.05) is 24.9 Å². The number of aliphatic carboxylic acids is 1. The number of aryl methyl sites for hydroxylation is 1. The Hall–Kier alpha value is -1.32. The summed E-state index contributed by atoms with van der Waals surface area (Å²) in [5.74, 6) is 0.629. The molecule has 1 aliphatic heterocycles. The lowest BCUT2D eigenvalue weighted by Gasteiger charge is -2.23. The summed E-state index contributed by atoms with van der Waals surface area (Å²) in [4.78, 5) is 14.8. The molecule has 0 saturated carbocycles. The third-order valence-corrected chi connectivity index (χ3v) is 2.86. The Morgan fingerprint density at radius 3 is 3.29 bits per heavy atom. The minimum Gasteiger partial charge on any atom is -0.481 e. The highest BCUT2D eigenvalue weighted by atomic mass is 16.4. The molecule has 2 heterocycles. The molecule has 1 aromatic heterocycles. The fourth-order valence-electron chi connectivity index (χ4n) is 2.11. The first-order chi connectivity index (χ1) is 6.66. The van der Waals surface area contributed by atoms with E-state index in [1.165, 1.54) is 5.69 Å². The Kier molecular flexibility index (Phi) is 2.27. The maximum Gasteiger partial charge on any atom is 0.303 e. The zero-order valence-electron chi connectivity index (χ0n) is 8.23. The number of carboxylic acids is 1. The van der Waals surface area contributed by atoms with E-state index >= 15 is 0 Å². The average molecular weight is 194 g/mol. The number of hydrogen-bond acceptors (Lipinski definition) is 2. The van der Waals surface area contributed by atoms with E-state index < -0.39 is 5.97 Å². The molecule has 0 radical (unpaired) electrons. The van der Waals surface area contributed by atoms with E-state index in [2.05, 4.69) is 9.55 Å². The van der Waals surface area contributed by atoms with Gasteiger partial charge in [0.15, 0.2) is 0 Å². The molecule has 76 valence electrons. The normalized spacial score (nSPS) is 20.5. The Labute approximate surface area is 82.6 Å². The van der Waals surface area contributed by atoms with Gasteiger partial charge in [-0.15, -0.1) is 0 Å². The fourth-order valence-corrected chi connectivity index (χ4v) is 2.11. The van der Waals surface area contributed by atoms with Crippen molar-refractivity contribution < 1.29 is 9.90 Å². The van der Waals surface area contributed by atoms with Crippen LogP contribution in [0.4, 0.5) is 0 Å². The van der Waals surface area contributed by atoms with Crippen molar-refractivity contribution in [1.82, 2.24) is 9.55 Å². The van der Waals surface area contributed by atoms with Gasteiger partial charge >= 0.3 is 5.97 Å². The molecule has 1 aromatic rings. The van der Waals surface area contributed by atoms with E-state index in [0.29, 0.717) is 0 Å². The molecule has 4 nitrogen and oxygen atoms in total. The van der Waals surface area contributed by atoms with Crippen molar-refractivity contribution >= 4 is 5.97 Å². The minimum atomic E-state index is -0.695. The van der Waals surface area contributed by atoms with Crippen LogP contribution >= 0.6 is 0 Å². The van der Waals surface area contributed by atoms with Crippen molar-refractivity contribution in [2.24, 2.45) is 5.92 Å².